The largest absolute Gasteiger partial charge is 0.293 e. The zero-order chi connectivity index (χ0) is 22.7. The molecule has 3 aromatic rings. The molecule has 1 aliphatic heterocycles. The van der Waals surface area contributed by atoms with Crippen LogP contribution in [-0.4, -0.2) is 51.2 Å². The first-order valence-electron chi connectivity index (χ1n) is 10.6. The van der Waals surface area contributed by atoms with Gasteiger partial charge in [0.25, 0.3) is 5.91 Å². The third-order valence-corrected chi connectivity index (χ3v) is 6.08. The number of nitrogens with one attached hydrogen (secondary N) is 1. The fourth-order valence-electron chi connectivity index (χ4n) is 3.74. The summed E-state index contributed by atoms with van der Waals surface area (Å²) >= 11 is 11.7. The highest BCUT2D eigenvalue weighted by atomic mass is 35.5. The summed E-state index contributed by atoms with van der Waals surface area (Å²) in [7, 11) is 0. The first kappa shape index (κ1) is 22.4. The average Bonchev–Trinajstić information content (AvgIpc) is 3.28. The third kappa shape index (κ3) is 4.53. The van der Waals surface area contributed by atoms with E-state index in [-0.39, 0.29) is 5.91 Å². The van der Waals surface area contributed by atoms with Gasteiger partial charge in [0, 0.05) is 17.0 Å². The Morgan fingerprint density at radius 2 is 1.88 bits per heavy atom. The van der Waals surface area contributed by atoms with Crippen molar-refractivity contribution < 1.29 is 4.79 Å². The number of aromatic nitrogens is 3. The molecule has 2 heterocycles. The molecule has 1 aromatic heterocycles. The van der Waals surface area contributed by atoms with E-state index in [1.165, 1.54) is 5.56 Å². The molecule has 0 bridgehead atoms. The number of benzene rings is 2. The molecule has 7 nitrogen and oxygen atoms in total. The van der Waals surface area contributed by atoms with Crippen LogP contribution in [0.25, 0.3) is 0 Å². The van der Waals surface area contributed by atoms with Crippen LogP contribution in [0.5, 0.6) is 0 Å². The van der Waals surface area contributed by atoms with Crippen molar-refractivity contribution in [3.8, 4) is 0 Å². The lowest BCUT2D eigenvalue weighted by molar-refractivity contribution is -0.112. The molecule has 0 aliphatic carbocycles. The number of nitrogens with zero attached hydrogens (tertiary/aromatic N) is 5. The Morgan fingerprint density at radius 1 is 1.12 bits per heavy atom. The summed E-state index contributed by atoms with van der Waals surface area (Å²) in [5.74, 6) is 0.496. The van der Waals surface area contributed by atoms with Crippen LogP contribution in [0.2, 0.25) is 5.02 Å². The van der Waals surface area contributed by atoms with Crippen LogP contribution < -0.4 is 4.90 Å². The Balaban J connectivity index is 1.70. The molecule has 0 fully saturated rings. The van der Waals surface area contributed by atoms with Crippen molar-refractivity contribution in [2.45, 2.75) is 26.7 Å². The molecular formula is C23H25ClN6OS. The number of halogens is 1. The van der Waals surface area contributed by atoms with Gasteiger partial charge in [-0.2, -0.15) is 14.9 Å². The Bertz CT molecular complexity index is 1200. The second kappa shape index (κ2) is 9.77. The van der Waals surface area contributed by atoms with Crippen molar-refractivity contribution in [1.82, 2.24) is 19.8 Å². The van der Waals surface area contributed by atoms with Crippen molar-refractivity contribution in [1.29, 1.82) is 0 Å². The van der Waals surface area contributed by atoms with Gasteiger partial charge in [0.2, 0.25) is 4.77 Å². The molecule has 0 unspecified atom stereocenters. The standard InChI is InChI=1S/C23H25ClN6OS/c1-3-28(4-2)15-29-19-12-11-17(24)14-18(19)21(22(29)31)27-30-20(25-26-23(30)32)13-10-16-8-6-5-7-9-16/h5-9,11-12,14H,3-4,10,13,15H2,1-2H3,(H,26,32)/b27-21-. The van der Waals surface area contributed by atoms with Gasteiger partial charge in [0.05, 0.1) is 12.4 Å². The summed E-state index contributed by atoms with van der Waals surface area (Å²) in [6.07, 6.45) is 1.42. The monoisotopic (exact) mass is 468 g/mol. The molecular weight excluding hydrogens is 444 g/mol. The second-order valence-corrected chi connectivity index (χ2v) is 8.35. The fraction of sp³-hybridized carbons (Fsp3) is 0.304. The second-order valence-electron chi connectivity index (χ2n) is 7.53. The van der Waals surface area contributed by atoms with Crippen LogP contribution in [0.3, 0.4) is 0 Å². The molecule has 1 amide bonds. The van der Waals surface area contributed by atoms with E-state index in [2.05, 4.69) is 46.2 Å². The number of H-pyrrole nitrogens is 1. The molecule has 0 atom stereocenters. The van der Waals surface area contributed by atoms with Crippen LogP contribution in [0.1, 0.15) is 30.8 Å². The van der Waals surface area contributed by atoms with E-state index in [9.17, 15) is 4.79 Å². The molecule has 166 valence electrons. The predicted octanol–water partition coefficient (Wildman–Crippen LogP) is 4.28. The molecule has 2 aromatic carbocycles. The molecule has 0 saturated carbocycles. The smallest absolute Gasteiger partial charge is 0.280 e. The first-order valence-corrected chi connectivity index (χ1v) is 11.4. The van der Waals surface area contributed by atoms with Crippen molar-refractivity contribution >= 4 is 41.1 Å². The summed E-state index contributed by atoms with van der Waals surface area (Å²) in [5, 5.41) is 12.4. The molecule has 32 heavy (non-hydrogen) atoms. The minimum atomic E-state index is -0.175. The average molecular weight is 469 g/mol. The zero-order valence-corrected chi connectivity index (χ0v) is 19.7. The predicted molar refractivity (Wildman–Crippen MR) is 130 cm³/mol. The van der Waals surface area contributed by atoms with Crippen molar-refractivity contribution in [3.05, 3.63) is 75.3 Å². The normalized spacial score (nSPS) is 14.6. The number of anilines is 1. The van der Waals surface area contributed by atoms with Gasteiger partial charge >= 0.3 is 0 Å². The zero-order valence-electron chi connectivity index (χ0n) is 18.1. The fourth-order valence-corrected chi connectivity index (χ4v) is 4.10. The van der Waals surface area contributed by atoms with Gasteiger partial charge in [-0.15, -0.1) is 0 Å². The van der Waals surface area contributed by atoms with Gasteiger partial charge in [-0.1, -0.05) is 55.8 Å². The first-order chi connectivity index (χ1) is 15.5. The lowest BCUT2D eigenvalue weighted by Gasteiger charge is -2.25. The van der Waals surface area contributed by atoms with E-state index >= 15 is 0 Å². The Labute approximate surface area is 197 Å². The number of hydrogen-bond donors (Lipinski definition) is 1. The minimum Gasteiger partial charge on any atom is -0.293 e. The molecule has 0 saturated heterocycles. The van der Waals surface area contributed by atoms with Crippen molar-refractivity contribution in [2.75, 3.05) is 24.7 Å². The number of hydrogen-bond acceptors (Lipinski definition) is 5. The summed E-state index contributed by atoms with van der Waals surface area (Å²) in [5.41, 5.74) is 3.01. The van der Waals surface area contributed by atoms with E-state index in [1.54, 1.807) is 21.7 Å². The summed E-state index contributed by atoms with van der Waals surface area (Å²) in [4.78, 5) is 17.3. The maximum Gasteiger partial charge on any atom is 0.280 e. The molecule has 1 N–H and O–H groups in total. The number of rotatable bonds is 8. The maximum absolute atomic E-state index is 13.4. The highest BCUT2D eigenvalue weighted by Gasteiger charge is 2.35. The lowest BCUT2D eigenvalue weighted by atomic mass is 10.1. The Hall–Kier alpha value is -2.81. The molecule has 0 spiro atoms. The van der Waals surface area contributed by atoms with Gasteiger partial charge in [0.1, 0.15) is 0 Å². The number of aromatic amines is 1. The summed E-state index contributed by atoms with van der Waals surface area (Å²) < 4.78 is 1.90. The number of aryl methyl sites for hydroxylation is 2. The van der Waals surface area contributed by atoms with Gasteiger partial charge < -0.3 is 0 Å². The van der Waals surface area contributed by atoms with E-state index in [1.807, 2.05) is 24.3 Å². The van der Waals surface area contributed by atoms with Crippen LogP contribution in [0.15, 0.2) is 53.6 Å². The minimum absolute atomic E-state index is 0.175. The van der Waals surface area contributed by atoms with E-state index in [4.69, 9.17) is 23.8 Å². The highest BCUT2D eigenvalue weighted by molar-refractivity contribution is 7.71. The quantitative estimate of drug-likeness (QED) is 0.501. The molecule has 0 radical (unpaired) electrons. The topological polar surface area (TPSA) is 69.5 Å². The molecule has 4 rings (SSSR count). The third-order valence-electron chi connectivity index (χ3n) is 5.59. The van der Waals surface area contributed by atoms with Crippen LogP contribution >= 0.6 is 23.8 Å². The number of carbonyl (C=O) groups is 1. The SMILES string of the molecule is CCN(CC)CN1C(=O)/C(=N\n2c(CCc3ccccc3)n[nH]c2=S)c2cc(Cl)ccc21. The van der Waals surface area contributed by atoms with E-state index < -0.39 is 0 Å². The van der Waals surface area contributed by atoms with Crippen LogP contribution in [-0.2, 0) is 17.6 Å². The summed E-state index contributed by atoms with van der Waals surface area (Å²) in [6.45, 7) is 6.31. The van der Waals surface area contributed by atoms with Gasteiger partial charge in [-0.25, -0.2) is 0 Å². The van der Waals surface area contributed by atoms with Crippen molar-refractivity contribution in [3.63, 3.8) is 0 Å². The highest BCUT2D eigenvalue weighted by Crippen LogP contribution is 2.32. The lowest BCUT2D eigenvalue weighted by Crippen LogP contribution is -2.41. The van der Waals surface area contributed by atoms with Gasteiger partial charge in [0.15, 0.2) is 11.5 Å². The van der Waals surface area contributed by atoms with Crippen LogP contribution in [0, 0.1) is 4.77 Å². The maximum atomic E-state index is 13.4. The van der Waals surface area contributed by atoms with E-state index in [0.717, 1.165) is 25.2 Å². The number of amides is 1. The van der Waals surface area contributed by atoms with E-state index in [0.29, 0.717) is 40.0 Å². The van der Waals surface area contributed by atoms with Gasteiger partial charge in [-0.3, -0.25) is 19.7 Å². The Morgan fingerprint density at radius 3 is 2.59 bits per heavy atom. The summed E-state index contributed by atoms with van der Waals surface area (Å²) in [6, 6.07) is 15.6. The number of fused-ring (bicyclic) bond motifs is 1. The van der Waals surface area contributed by atoms with Gasteiger partial charge in [-0.05, 0) is 55.5 Å². The van der Waals surface area contributed by atoms with Crippen molar-refractivity contribution in [2.24, 2.45) is 5.10 Å². The molecule has 9 heteroatoms. The Kier molecular flexibility index (Phi) is 6.83. The van der Waals surface area contributed by atoms with Crippen LogP contribution in [0.4, 0.5) is 5.69 Å². The number of carbonyl (C=O) groups excluding carboxylic acids is 1. The molecule has 1 aliphatic rings.